The van der Waals surface area contributed by atoms with E-state index in [1.54, 1.807) is 23.1 Å². The normalized spacial score (nSPS) is 17.0. The summed E-state index contributed by atoms with van der Waals surface area (Å²) < 4.78 is 4.93. The molecule has 120 valence electrons. The molecule has 2 N–H and O–H groups in total. The highest BCUT2D eigenvalue weighted by atomic mass is 32.1. The van der Waals surface area contributed by atoms with Gasteiger partial charge in [-0.1, -0.05) is 6.07 Å². The number of amides is 3. The van der Waals surface area contributed by atoms with Crippen LogP contribution in [0, 0.1) is 0 Å². The first-order valence-corrected chi connectivity index (χ1v) is 8.03. The molecule has 2 aromatic heterocycles. The lowest BCUT2D eigenvalue weighted by molar-refractivity contribution is -0.125. The van der Waals surface area contributed by atoms with Gasteiger partial charge in [0, 0.05) is 6.54 Å². The van der Waals surface area contributed by atoms with Gasteiger partial charge >= 0.3 is 5.91 Å². The molecule has 0 spiro atoms. The van der Waals surface area contributed by atoms with Crippen molar-refractivity contribution in [2.24, 2.45) is 0 Å². The van der Waals surface area contributed by atoms with Crippen LogP contribution in [0.5, 0.6) is 0 Å². The molecule has 0 aliphatic carbocycles. The lowest BCUT2D eigenvalue weighted by atomic mass is 10.2. The summed E-state index contributed by atoms with van der Waals surface area (Å²) in [5.74, 6) is -1.01. The summed E-state index contributed by atoms with van der Waals surface area (Å²) in [4.78, 5) is 38.5. The molecule has 3 heterocycles. The number of thiophene rings is 1. The molecule has 0 saturated carbocycles. The number of nitrogens with one attached hydrogen (secondary N) is 2. The van der Waals surface area contributed by atoms with Gasteiger partial charge in [-0.05, 0) is 36.4 Å². The van der Waals surface area contributed by atoms with Crippen LogP contribution >= 0.6 is 11.3 Å². The van der Waals surface area contributed by atoms with Crippen LogP contribution in [-0.2, 0) is 4.79 Å². The van der Waals surface area contributed by atoms with Gasteiger partial charge in [-0.2, -0.15) is 0 Å². The number of carbonyl (C=O) groups is 3. The molecule has 8 heteroatoms. The maximum Gasteiger partial charge on any atom is 0.305 e. The van der Waals surface area contributed by atoms with Crippen molar-refractivity contribution in [2.75, 3.05) is 6.54 Å². The Labute approximate surface area is 136 Å². The van der Waals surface area contributed by atoms with Crippen molar-refractivity contribution in [1.29, 1.82) is 0 Å². The topological polar surface area (TPSA) is 91.7 Å². The Morgan fingerprint density at radius 3 is 2.78 bits per heavy atom. The smallest absolute Gasteiger partial charge is 0.305 e. The van der Waals surface area contributed by atoms with Gasteiger partial charge in [0.25, 0.3) is 11.8 Å². The van der Waals surface area contributed by atoms with E-state index in [0.29, 0.717) is 17.8 Å². The zero-order valence-electron chi connectivity index (χ0n) is 12.2. The Balaban J connectivity index is 1.60. The van der Waals surface area contributed by atoms with E-state index in [0.717, 1.165) is 6.42 Å². The third kappa shape index (κ3) is 3.26. The zero-order valence-corrected chi connectivity index (χ0v) is 13.0. The number of rotatable bonds is 3. The predicted octanol–water partition coefficient (Wildman–Crippen LogP) is 1.41. The van der Waals surface area contributed by atoms with E-state index in [1.165, 1.54) is 23.7 Å². The first-order valence-electron chi connectivity index (χ1n) is 7.15. The molecule has 23 heavy (non-hydrogen) atoms. The highest BCUT2D eigenvalue weighted by Gasteiger charge is 2.35. The first kappa shape index (κ1) is 15.3. The minimum atomic E-state index is -0.582. The van der Waals surface area contributed by atoms with Gasteiger partial charge in [0.15, 0.2) is 5.76 Å². The molecule has 3 amide bonds. The molecule has 1 atom stereocenters. The minimum absolute atomic E-state index is 0.100. The molecule has 0 radical (unpaired) electrons. The highest BCUT2D eigenvalue weighted by molar-refractivity contribution is 7.12. The van der Waals surface area contributed by atoms with Crippen LogP contribution in [0.4, 0.5) is 0 Å². The molecule has 1 fully saturated rings. The second-order valence-electron chi connectivity index (χ2n) is 5.05. The summed E-state index contributed by atoms with van der Waals surface area (Å²) >= 11 is 1.34. The van der Waals surface area contributed by atoms with Crippen LogP contribution in [0.2, 0.25) is 0 Å². The monoisotopic (exact) mass is 333 g/mol. The van der Waals surface area contributed by atoms with Crippen molar-refractivity contribution in [3.8, 4) is 0 Å². The Morgan fingerprint density at radius 1 is 1.22 bits per heavy atom. The third-order valence-electron chi connectivity index (χ3n) is 3.59. The third-order valence-corrected chi connectivity index (χ3v) is 4.45. The van der Waals surface area contributed by atoms with Crippen LogP contribution in [0.3, 0.4) is 0 Å². The largest absolute Gasteiger partial charge is 0.459 e. The molecule has 3 rings (SSSR count). The van der Waals surface area contributed by atoms with Crippen molar-refractivity contribution < 1.29 is 18.8 Å². The van der Waals surface area contributed by atoms with Gasteiger partial charge in [-0.3, -0.25) is 25.2 Å². The standard InChI is InChI=1S/C15H15N3O4S/c19-13(16-17-14(20)11-5-2-8-22-11)10-4-1-7-18(10)15(21)12-6-3-9-23-12/h2-3,5-6,8-10H,1,4,7H2,(H,16,19)(H,17,20). The number of furan rings is 1. The number of hydrazine groups is 1. The molecule has 7 nitrogen and oxygen atoms in total. The first-order chi connectivity index (χ1) is 11.2. The average molecular weight is 333 g/mol. The number of likely N-dealkylation sites (tertiary alicyclic amines) is 1. The SMILES string of the molecule is O=C(NNC(=O)C1CCCN1C(=O)c1cccs1)c1ccco1. The quantitative estimate of drug-likeness (QED) is 0.831. The Kier molecular flexibility index (Phi) is 4.42. The molecule has 0 aromatic carbocycles. The summed E-state index contributed by atoms with van der Waals surface area (Å²) in [6.07, 6.45) is 2.69. The van der Waals surface area contributed by atoms with Gasteiger partial charge in [-0.25, -0.2) is 0 Å². The van der Waals surface area contributed by atoms with Gasteiger partial charge in [0.05, 0.1) is 11.1 Å². The van der Waals surface area contributed by atoms with Crippen LogP contribution in [0.25, 0.3) is 0 Å². The van der Waals surface area contributed by atoms with E-state index in [1.807, 2.05) is 5.38 Å². The van der Waals surface area contributed by atoms with Crippen molar-refractivity contribution in [3.05, 3.63) is 46.5 Å². The second-order valence-corrected chi connectivity index (χ2v) is 6.00. The number of nitrogens with zero attached hydrogens (tertiary/aromatic N) is 1. The molecular formula is C15H15N3O4S. The fourth-order valence-corrected chi connectivity index (χ4v) is 3.17. The molecule has 1 aliphatic rings. The summed E-state index contributed by atoms with van der Waals surface area (Å²) in [7, 11) is 0. The van der Waals surface area contributed by atoms with Crippen molar-refractivity contribution >= 4 is 29.1 Å². The van der Waals surface area contributed by atoms with Gasteiger partial charge in [-0.15, -0.1) is 11.3 Å². The van der Waals surface area contributed by atoms with Gasteiger partial charge in [0.1, 0.15) is 6.04 Å². The van der Waals surface area contributed by atoms with E-state index < -0.39 is 17.9 Å². The van der Waals surface area contributed by atoms with Crippen LogP contribution in [-0.4, -0.2) is 35.2 Å². The molecule has 1 saturated heterocycles. The van der Waals surface area contributed by atoms with E-state index in [9.17, 15) is 14.4 Å². The maximum absolute atomic E-state index is 12.4. The van der Waals surface area contributed by atoms with E-state index in [4.69, 9.17) is 4.42 Å². The van der Waals surface area contributed by atoms with Crippen molar-refractivity contribution in [1.82, 2.24) is 15.8 Å². The van der Waals surface area contributed by atoms with Crippen molar-refractivity contribution in [2.45, 2.75) is 18.9 Å². The van der Waals surface area contributed by atoms with Crippen LogP contribution < -0.4 is 10.9 Å². The van der Waals surface area contributed by atoms with Gasteiger partial charge < -0.3 is 9.32 Å². The summed E-state index contributed by atoms with van der Waals surface area (Å²) in [5, 5.41) is 1.82. The second kappa shape index (κ2) is 6.66. The number of hydrogen-bond donors (Lipinski definition) is 2. The molecule has 1 unspecified atom stereocenters. The van der Waals surface area contributed by atoms with E-state index in [-0.39, 0.29) is 11.7 Å². The zero-order chi connectivity index (χ0) is 16.2. The maximum atomic E-state index is 12.4. The summed E-state index contributed by atoms with van der Waals surface area (Å²) in [6.45, 7) is 0.529. The Hall–Kier alpha value is -2.61. The number of hydrogen-bond acceptors (Lipinski definition) is 5. The minimum Gasteiger partial charge on any atom is -0.459 e. The summed E-state index contributed by atoms with van der Waals surface area (Å²) in [5.41, 5.74) is 4.64. The fourth-order valence-electron chi connectivity index (χ4n) is 2.50. The van der Waals surface area contributed by atoms with Gasteiger partial charge in [0.2, 0.25) is 0 Å². The van der Waals surface area contributed by atoms with Crippen LogP contribution in [0.15, 0.2) is 40.3 Å². The average Bonchev–Trinajstić information content (AvgIpc) is 3.33. The summed E-state index contributed by atoms with van der Waals surface area (Å²) in [6, 6.07) is 6.02. The predicted molar refractivity (Wildman–Crippen MR) is 82.7 cm³/mol. The number of carbonyl (C=O) groups excluding carboxylic acids is 3. The molecular weight excluding hydrogens is 318 g/mol. The molecule has 1 aliphatic heterocycles. The fraction of sp³-hybridized carbons (Fsp3) is 0.267. The van der Waals surface area contributed by atoms with E-state index >= 15 is 0 Å². The van der Waals surface area contributed by atoms with Crippen LogP contribution in [0.1, 0.15) is 33.1 Å². The molecule has 0 bridgehead atoms. The van der Waals surface area contributed by atoms with E-state index in [2.05, 4.69) is 10.9 Å². The molecule has 2 aromatic rings. The lowest BCUT2D eigenvalue weighted by Gasteiger charge is -2.23. The highest BCUT2D eigenvalue weighted by Crippen LogP contribution is 2.22. The Bertz CT molecular complexity index is 696. The van der Waals surface area contributed by atoms with Crippen molar-refractivity contribution in [3.63, 3.8) is 0 Å². The lowest BCUT2D eigenvalue weighted by Crippen LogP contribution is -2.51. The Morgan fingerprint density at radius 2 is 2.09 bits per heavy atom.